The van der Waals surface area contributed by atoms with Crippen LogP contribution in [0.3, 0.4) is 0 Å². The van der Waals surface area contributed by atoms with E-state index in [4.69, 9.17) is 50.6 Å². The molecular weight excluding hydrogens is 2310 g/mol. The van der Waals surface area contributed by atoms with Gasteiger partial charge in [-0.2, -0.15) is 37.6 Å². The Labute approximate surface area is 889 Å². The molecule has 3 unspecified atom stereocenters. The summed E-state index contributed by atoms with van der Waals surface area (Å²) in [4.78, 5) is 31.4. The second-order valence-electron chi connectivity index (χ2n) is 39.1. The first-order valence-electron chi connectivity index (χ1n) is 48.6. The van der Waals surface area contributed by atoms with Crippen molar-refractivity contribution in [1.29, 1.82) is 0 Å². The standard InChI is InChI=1S/C23H25N3O.C23H24N3O.C15H19BrN2.C14H18BNO3.C11H22B2O4.C8H6BrNO.C8H16.2C3H7.BF4.2Ir.H2O.H3P/c2*1-14(2)17-8-6-9-18(15(3)4)22(17)26-13-12-24-23(26)19-10-7-11-20-21(19)25-16(5)27-20;1-10(2)12-6-5-7-13(11(3)4)14(12)18-9-8-17-15(18)16;1-9-16-12-10(7-6-8-11(12)17-9)15-18-13(2,3)14(4,5)19-15;1-8-9(2)15-12(14-8)7-13-16-10(3,4)11(5,6)17-13;1-5-10-8-6(9)3-2-4-7(8)11-5;1-2-4-6-8-7-5-3-1;2*1-3-2;2-1(3,4)5;;;;/h6-15H,1-5H3;6-9,11-15H,1-5H3;5-11H,1-4H3;6-8H,1-5H3;8-9H,7H2,1-6H3;2-4H,1H3;1-8H2;2*3H,1-2H3;;;;1H2;1H3/q;-1;;;;;;3*-1;;+3;;. The Bertz CT molecular complexity index is 5870. The molecule has 3 aliphatic heterocycles. The summed E-state index contributed by atoms with van der Waals surface area (Å²) in [6, 6.07) is 44.4. The van der Waals surface area contributed by atoms with Crippen molar-refractivity contribution < 1.29 is 109 Å². The van der Waals surface area contributed by atoms with Gasteiger partial charge in [0.15, 0.2) is 45.0 Å². The normalized spacial score (nSPS) is 15.9. The zero-order valence-electron chi connectivity index (χ0n) is 88.7. The fourth-order valence-electron chi connectivity index (χ4n) is 16.3. The molecule has 775 valence electrons. The molecule has 1 aliphatic carbocycles. The van der Waals surface area contributed by atoms with Crippen molar-refractivity contribution in [3.05, 3.63) is 244 Å². The molecule has 14 aromatic rings. The Balaban J connectivity index is 0.000000292. The van der Waals surface area contributed by atoms with E-state index < -0.39 is 14.4 Å². The summed E-state index contributed by atoms with van der Waals surface area (Å²) in [5, 5.41) is 0. The van der Waals surface area contributed by atoms with E-state index in [1.54, 1.807) is 0 Å². The fraction of sp³-hybridized carbons (Fsp3) is 0.472. The predicted molar refractivity (Wildman–Crippen MR) is 579 cm³/mol. The van der Waals surface area contributed by atoms with E-state index in [0.717, 1.165) is 81.8 Å². The largest absolute Gasteiger partial charge is 3.00 e. The maximum absolute atomic E-state index is 9.75. The summed E-state index contributed by atoms with van der Waals surface area (Å²) in [5.41, 5.74) is 19.7. The van der Waals surface area contributed by atoms with Gasteiger partial charge in [0, 0.05) is 118 Å². The van der Waals surface area contributed by atoms with Crippen molar-refractivity contribution >= 4 is 120 Å². The van der Waals surface area contributed by atoms with E-state index in [-0.39, 0.29) is 104 Å². The van der Waals surface area contributed by atoms with E-state index in [9.17, 15) is 17.3 Å². The Morgan fingerprint density at radius 1 is 0.423 bits per heavy atom. The van der Waals surface area contributed by atoms with Gasteiger partial charge in [-0.3, -0.25) is 19.1 Å². The third kappa shape index (κ3) is 33.2. The van der Waals surface area contributed by atoms with Crippen LogP contribution in [-0.2, 0) is 68.1 Å². The molecular formula is C108H149B4Br2F4Ir2N10O11P-. The molecule has 34 heteroatoms. The number of hydrogen-bond donors (Lipinski definition) is 0. The molecule has 1 saturated carbocycles. The third-order valence-electron chi connectivity index (χ3n) is 24.7. The van der Waals surface area contributed by atoms with Crippen molar-refractivity contribution in [2.75, 3.05) is 0 Å². The van der Waals surface area contributed by atoms with Crippen LogP contribution in [0.5, 0.6) is 0 Å². The van der Waals surface area contributed by atoms with Gasteiger partial charge in [0.25, 0.3) is 0 Å². The number of aromatic nitrogens is 10. The first kappa shape index (κ1) is 125. The van der Waals surface area contributed by atoms with Gasteiger partial charge in [-0.1, -0.05) is 225 Å². The molecule has 18 rings (SSSR count). The maximum Gasteiger partial charge on any atom is 3.00 e. The maximum atomic E-state index is 9.75. The van der Waals surface area contributed by atoms with Crippen LogP contribution in [0, 0.1) is 46.6 Å². The minimum atomic E-state index is -6.00. The number of para-hydroxylation sites is 6. The Morgan fingerprint density at radius 2 is 0.725 bits per heavy atom. The number of imidazole rings is 3. The molecule has 4 fully saturated rings. The topological polar surface area (TPSA) is 244 Å². The van der Waals surface area contributed by atoms with Crippen LogP contribution in [0.25, 0.3) is 84.2 Å². The smallest absolute Gasteiger partial charge is 0.461 e. The molecule has 3 atom stereocenters. The van der Waals surface area contributed by atoms with Crippen LogP contribution in [-0.4, -0.2) is 117 Å². The predicted octanol–water partition coefficient (Wildman–Crippen LogP) is 30.5. The van der Waals surface area contributed by atoms with Crippen LogP contribution >= 0.6 is 41.8 Å². The number of aryl methyl sites for hydroxylation is 4. The molecule has 21 nitrogen and oxygen atoms in total. The number of fused-ring (bicyclic) bond motifs is 4. The van der Waals surface area contributed by atoms with Crippen LogP contribution in [0.15, 0.2) is 185 Å². The minimum Gasteiger partial charge on any atom is -0.461 e. The summed E-state index contributed by atoms with van der Waals surface area (Å²) < 4.78 is 105. The van der Waals surface area contributed by atoms with Crippen LogP contribution in [0.4, 0.5) is 17.3 Å². The molecule has 0 spiro atoms. The van der Waals surface area contributed by atoms with Crippen LogP contribution in [0.2, 0.25) is 6.22 Å². The fourth-order valence-corrected chi connectivity index (χ4v) is 17.2. The summed E-state index contributed by atoms with van der Waals surface area (Å²) in [7, 11) is -6.87. The Hall–Kier alpha value is -7.56. The molecule has 0 bridgehead atoms. The van der Waals surface area contributed by atoms with Gasteiger partial charge in [0.05, 0.1) is 57.4 Å². The van der Waals surface area contributed by atoms with Crippen molar-refractivity contribution in [1.82, 2.24) is 48.6 Å². The van der Waals surface area contributed by atoms with Crippen molar-refractivity contribution in [3.8, 4) is 39.8 Å². The first-order valence-corrected chi connectivity index (χ1v) is 50.2. The molecule has 7 aromatic heterocycles. The Morgan fingerprint density at radius 3 is 1.11 bits per heavy atom. The van der Waals surface area contributed by atoms with E-state index in [0.29, 0.717) is 65.3 Å². The second kappa shape index (κ2) is 56.6. The van der Waals surface area contributed by atoms with Crippen LogP contribution in [0.1, 0.15) is 324 Å². The van der Waals surface area contributed by atoms with E-state index in [1.165, 1.54) is 102 Å². The molecule has 2 N–H and O–H groups in total. The van der Waals surface area contributed by atoms with Gasteiger partial charge in [0.1, 0.15) is 22.4 Å². The summed E-state index contributed by atoms with van der Waals surface area (Å²) in [5.74, 6) is 7.03. The molecule has 7 aromatic carbocycles. The molecule has 142 heavy (non-hydrogen) atoms. The average molecular weight is 2460 g/mol. The summed E-state index contributed by atoms with van der Waals surface area (Å²) >= 11 is 6.91. The minimum absolute atomic E-state index is 0. The molecule has 0 amide bonds. The zero-order valence-corrected chi connectivity index (χ0v) is 98.0. The zero-order chi connectivity index (χ0) is 102. The van der Waals surface area contributed by atoms with Crippen molar-refractivity contribution in [3.63, 3.8) is 0 Å². The van der Waals surface area contributed by atoms with Gasteiger partial charge < -0.3 is 85.7 Å². The van der Waals surface area contributed by atoms with Gasteiger partial charge in [0.2, 0.25) is 0 Å². The van der Waals surface area contributed by atoms with Crippen molar-refractivity contribution in [2.45, 2.75) is 335 Å². The number of rotatable bonds is 14. The summed E-state index contributed by atoms with van der Waals surface area (Å²) in [6.45, 7) is 62.6. The number of halogens is 6. The Kier molecular flexibility index (Phi) is 49.7. The van der Waals surface area contributed by atoms with Gasteiger partial charge in [-0.05, 0) is 200 Å². The molecule has 10 heterocycles. The van der Waals surface area contributed by atoms with Crippen molar-refractivity contribution in [2.24, 2.45) is 0 Å². The number of hydrogen-bond acceptors (Lipinski definition) is 17. The van der Waals surface area contributed by atoms with E-state index in [2.05, 4.69) is 253 Å². The average Bonchev–Trinajstić information content (AvgIpc) is 1.60. The van der Waals surface area contributed by atoms with Gasteiger partial charge in [-0.25, -0.2) is 24.9 Å². The van der Waals surface area contributed by atoms with Crippen LogP contribution < -0.4 is 5.46 Å². The molecule has 4 aliphatic rings. The molecule has 3 saturated heterocycles. The number of oxazole rings is 4. The first-order chi connectivity index (χ1) is 65.1. The quantitative estimate of drug-likeness (QED) is 0.0425. The number of benzene rings is 7. The summed E-state index contributed by atoms with van der Waals surface area (Å²) in [6.07, 6.45) is 28.5. The van der Waals surface area contributed by atoms with Gasteiger partial charge >= 0.3 is 48.7 Å². The monoisotopic (exact) mass is 2460 g/mol. The number of nitrogens with zero attached hydrogens (tertiary/aromatic N) is 10. The second-order valence-corrected chi connectivity index (χ2v) is 40.7. The molecule has 1 radical (unpaired) electrons. The van der Waals surface area contributed by atoms with E-state index in [1.807, 2.05) is 208 Å². The van der Waals surface area contributed by atoms with Gasteiger partial charge in [-0.15, -0.1) is 12.1 Å². The van der Waals surface area contributed by atoms with E-state index >= 15 is 0 Å². The SMILES string of the molecule is C1CCCCCCC1.CC(C)c1cccc(C(C)C)c1-n1ccnc1Br.CC1OB(CB2OC(C)(C)C(C)(C)O2)OC1C.C[CH-]C.C[CH-]C.Cc1nc2c(-c3nccn3-c3c(C(C)C)cccc3C(C)C)[c-]ccc2o1.Cc1nc2c(-c3nccn3-c3c(C(C)C)cccc3C(C)C)cccc2o1.Cc1nc2c(B3OC(C)(C)C(C)(C)O3)cccc2o1.Cc1nc2c(Br)cccc2o1.F[B-](F)(F)F.O.P.[Ir+3].[Ir]. The third-order valence-corrected chi connectivity index (χ3v) is 25.9.